The van der Waals surface area contributed by atoms with E-state index in [1.54, 1.807) is 0 Å². The van der Waals surface area contributed by atoms with Crippen LogP contribution >= 0.6 is 0 Å². The molecule has 0 aliphatic carbocycles. The fourth-order valence-electron chi connectivity index (χ4n) is 5.46. The summed E-state index contributed by atoms with van der Waals surface area (Å²) in [6.45, 7) is 12.3. The van der Waals surface area contributed by atoms with Gasteiger partial charge in [0, 0.05) is 26.2 Å². The predicted octanol–water partition coefficient (Wildman–Crippen LogP) is 10.1. The molecule has 0 aromatic heterocycles. The third-order valence-electron chi connectivity index (χ3n) is 8.28. The summed E-state index contributed by atoms with van der Waals surface area (Å²) >= 11 is 0. The second-order valence-electron chi connectivity index (χ2n) is 12.3. The molecule has 0 atom stereocenters. The van der Waals surface area contributed by atoms with Crippen LogP contribution in [-0.2, 0) is 14.3 Å². The minimum absolute atomic E-state index is 0.0271. The van der Waals surface area contributed by atoms with Crippen molar-refractivity contribution in [2.75, 3.05) is 39.4 Å². The van der Waals surface area contributed by atoms with Gasteiger partial charge in [-0.15, -0.1) is 0 Å². The molecule has 0 aliphatic rings. The van der Waals surface area contributed by atoms with E-state index in [9.17, 15) is 9.59 Å². The number of hydrogen-bond acceptors (Lipinski definition) is 3. The summed E-state index contributed by atoms with van der Waals surface area (Å²) in [7, 11) is 0. The zero-order valence-corrected chi connectivity index (χ0v) is 28.3. The Morgan fingerprint density at radius 2 is 0.585 bits per heavy atom. The number of hydrogen-bond donors (Lipinski definition) is 0. The topological polar surface area (TPSA) is 49.9 Å². The summed E-state index contributed by atoms with van der Waals surface area (Å²) in [5, 5.41) is 0. The van der Waals surface area contributed by atoms with E-state index in [1.807, 2.05) is 9.80 Å². The zero-order chi connectivity index (χ0) is 30.2. The van der Waals surface area contributed by atoms with Crippen LogP contribution < -0.4 is 0 Å². The van der Waals surface area contributed by atoms with Crippen LogP contribution in [0.2, 0.25) is 0 Å². The van der Waals surface area contributed by atoms with E-state index >= 15 is 0 Å². The molecule has 0 aromatic rings. The Hall–Kier alpha value is -1.10. The molecule has 0 heterocycles. The Balaban J connectivity index is 4.67. The van der Waals surface area contributed by atoms with E-state index in [1.165, 1.54) is 128 Å². The SMILES string of the molecule is CCCCCCCCN(CCCCCCCC)C(=O)COCC(=O)N(CCCCCCCC)CCCCCCCC. The fraction of sp³-hybridized carbons (Fsp3) is 0.944. The van der Waals surface area contributed by atoms with Crippen molar-refractivity contribution < 1.29 is 14.3 Å². The normalized spacial score (nSPS) is 11.2. The number of rotatable bonds is 32. The number of nitrogens with zero attached hydrogens (tertiary/aromatic N) is 2. The summed E-state index contributed by atoms with van der Waals surface area (Å²) in [4.78, 5) is 30.2. The van der Waals surface area contributed by atoms with Crippen molar-refractivity contribution in [3.05, 3.63) is 0 Å². The molecule has 0 saturated heterocycles. The van der Waals surface area contributed by atoms with Crippen molar-refractivity contribution in [1.29, 1.82) is 0 Å². The van der Waals surface area contributed by atoms with Gasteiger partial charge in [-0.2, -0.15) is 0 Å². The van der Waals surface area contributed by atoms with Crippen LogP contribution in [0.4, 0.5) is 0 Å². The molecule has 0 fully saturated rings. The summed E-state index contributed by atoms with van der Waals surface area (Å²) < 4.78 is 5.77. The van der Waals surface area contributed by atoms with Gasteiger partial charge >= 0.3 is 0 Å². The van der Waals surface area contributed by atoms with Gasteiger partial charge in [0.05, 0.1) is 0 Å². The summed E-state index contributed by atoms with van der Waals surface area (Å²) in [6.07, 6.45) is 29.4. The molecule has 0 aromatic carbocycles. The molecule has 0 bridgehead atoms. The van der Waals surface area contributed by atoms with E-state index in [2.05, 4.69) is 27.7 Å². The van der Waals surface area contributed by atoms with E-state index in [-0.39, 0.29) is 25.0 Å². The third kappa shape index (κ3) is 26.3. The molecular weight excluding hydrogens is 508 g/mol. The van der Waals surface area contributed by atoms with Crippen molar-refractivity contribution in [1.82, 2.24) is 9.80 Å². The lowest BCUT2D eigenvalue weighted by Gasteiger charge is -2.24. The van der Waals surface area contributed by atoms with Crippen molar-refractivity contribution in [3.8, 4) is 0 Å². The standard InChI is InChI=1S/C36H72N2O3/c1-5-9-13-17-21-25-29-37(30-26-22-18-14-10-6-2)35(39)33-41-34-36(40)38(31-27-23-19-15-11-7-3)32-28-24-20-16-12-8-4/h5-34H2,1-4H3. The van der Waals surface area contributed by atoms with Gasteiger partial charge in [0.2, 0.25) is 11.8 Å². The number of carbonyl (C=O) groups excluding carboxylic acids is 2. The van der Waals surface area contributed by atoms with Crippen molar-refractivity contribution in [2.24, 2.45) is 0 Å². The Bertz CT molecular complexity index is 489. The molecule has 0 unspecified atom stereocenters. The average molecular weight is 581 g/mol. The number of ether oxygens (including phenoxy) is 1. The smallest absolute Gasteiger partial charge is 0.248 e. The molecule has 0 saturated carbocycles. The molecule has 0 aliphatic heterocycles. The van der Waals surface area contributed by atoms with Crippen molar-refractivity contribution in [3.63, 3.8) is 0 Å². The first-order valence-corrected chi connectivity index (χ1v) is 18.2. The van der Waals surface area contributed by atoms with Gasteiger partial charge in [-0.3, -0.25) is 9.59 Å². The Kier molecular flexibility index (Phi) is 31.0. The zero-order valence-electron chi connectivity index (χ0n) is 28.3. The number of unbranched alkanes of at least 4 members (excludes halogenated alkanes) is 20. The molecular formula is C36H72N2O3. The van der Waals surface area contributed by atoms with Crippen LogP contribution in [0, 0.1) is 0 Å². The van der Waals surface area contributed by atoms with Gasteiger partial charge in [-0.25, -0.2) is 0 Å². The molecule has 0 spiro atoms. The number of amides is 2. The number of carbonyl (C=O) groups is 2. The lowest BCUT2D eigenvalue weighted by Crippen LogP contribution is -2.39. The van der Waals surface area contributed by atoms with E-state index < -0.39 is 0 Å². The molecule has 0 radical (unpaired) electrons. The second kappa shape index (κ2) is 31.8. The molecule has 0 rings (SSSR count). The maximum atomic E-state index is 13.1. The highest BCUT2D eigenvalue weighted by Gasteiger charge is 2.17. The summed E-state index contributed by atoms with van der Waals surface area (Å²) in [5.41, 5.74) is 0. The van der Waals surface area contributed by atoms with E-state index in [4.69, 9.17) is 4.74 Å². The first kappa shape index (κ1) is 39.9. The minimum atomic E-state index is 0.0271. The first-order valence-electron chi connectivity index (χ1n) is 18.2. The predicted molar refractivity (Wildman–Crippen MR) is 177 cm³/mol. The lowest BCUT2D eigenvalue weighted by atomic mass is 10.1. The highest BCUT2D eigenvalue weighted by molar-refractivity contribution is 5.79. The van der Waals surface area contributed by atoms with Gasteiger partial charge < -0.3 is 14.5 Å². The van der Waals surface area contributed by atoms with Crippen LogP contribution in [0.25, 0.3) is 0 Å². The first-order chi connectivity index (χ1) is 20.1. The summed E-state index contributed by atoms with van der Waals surface area (Å²) in [5.74, 6) is 0.108. The van der Waals surface area contributed by atoms with Crippen LogP contribution in [0.15, 0.2) is 0 Å². The highest BCUT2D eigenvalue weighted by atomic mass is 16.5. The van der Waals surface area contributed by atoms with Gasteiger partial charge in [0.15, 0.2) is 0 Å². The second-order valence-corrected chi connectivity index (χ2v) is 12.3. The van der Waals surface area contributed by atoms with Crippen molar-refractivity contribution in [2.45, 2.75) is 182 Å². The maximum absolute atomic E-state index is 13.1. The quantitative estimate of drug-likeness (QED) is 0.0744. The highest BCUT2D eigenvalue weighted by Crippen LogP contribution is 2.11. The van der Waals surface area contributed by atoms with Crippen LogP contribution in [-0.4, -0.2) is 61.0 Å². The van der Waals surface area contributed by atoms with Crippen molar-refractivity contribution >= 4 is 11.8 Å². The van der Waals surface area contributed by atoms with Gasteiger partial charge in [-0.1, -0.05) is 156 Å². The molecule has 2 amide bonds. The summed E-state index contributed by atoms with van der Waals surface area (Å²) in [6, 6.07) is 0. The van der Waals surface area contributed by atoms with Gasteiger partial charge in [-0.05, 0) is 25.7 Å². The van der Waals surface area contributed by atoms with Gasteiger partial charge in [0.1, 0.15) is 13.2 Å². The van der Waals surface area contributed by atoms with E-state index in [0.717, 1.165) is 51.9 Å². The van der Waals surface area contributed by atoms with Gasteiger partial charge in [0.25, 0.3) is 0 Å². The molecule has 5 nitrogen and oxygen atoms in total. The molecule has 244 valence electrons. The van der Waals surface area contributed by atoms with Crippen LogP contribution in [0.3, 0.4) is 0 Å². The van der Waals surface area contributed by atoms with Crippen LogP contribution in [0.1, 0.15) is 182 Å². The van der Waals surface area contributed by atoms with Crippen LogP contribution in [0.5, 0.6) is 0 Å². The maximum Gasteiger partial charge on any atom is 0.248 e. The lowest BCUT2D eigenvalue weighted by molar-refractivity contribution is -0.142. The Morgan fingerprint density at radius 3 is 0.829 bits per heavy atom. The molecule has 0 N–H and O–H groups in total. The monoisotopic (exact) mass is 581 g/mol. The fourth-order valence-corrected chi connectivity index (χ4v) is 5.46. The largest absolute Gasteiger partial charge is 0.362 e. The Morgan fingerprint density at radius 1 is 0.366 bits per heavy atom. The average Bonchev–Trinajstić information content (AvgIpc) is 2.97. The van der Waals surface area contributed by atoms with E-state index in [0.29, 0.717) is 0 Å². The molecule has 5 heteroatoms. The molecule has 41 heavy (non-hydrogen) atoms. The Labute approximate surface area is 256 Å². The minimum Gasteiger partial charge on any atom is -0.362 e. The third-order valence-corrected chi connectivity index (χ3v) is 8.28.